The van der Waals surface area contributed by atoms with Crippen molar-refractivity contribution in [1.29, 1.82) is 0 Å². The van der Waals surface area contributed by atoms with Gasteiger partial charge in [0.1, 0.15) is 5.75 Å². The van der Waals surface area contributed by atoms with Crippen LogP contribution in [0.25, 0.3) is 6.08 Å². The Morgan fingerprint density at radius 2 is 1.89 bits per heavy atom. The number of methoxy groups -OCH3 is 1. The van der Waals surface area contributed by atoms with Crippen LogP contribution < -0.4 is 4.74 Å². The van der Waals surface area contributed by atoms with Crippen molar-refractivity contribution in [3.05, 3.63) is 52.1 Å². The van der Waals surface area contributed by atoms with Gasteiger partial charge in [-0.15, -0.1) is 0 Å². The van der Waals surface area contributed by atoms with Gasteiger partial charge >= 0.3 is 0 Å². The normalized spacial score (nSPS) is 28.5. The smallest absolute Gasteiger partial charge is 0.201 e. The Labute approximate surface area is 218 Å². The van der Waals surface area contributed by atoms with E-state index in [4.69, 9.17) is 9.47 Å². The van der Waals surface area contributed by atoms with E-state index in [9.17, 15) is 25.5 Å². The maximum absolute atomic E-state index is 11.4. The third kappa shape index (κ3) is 4.47. The van der Waals surface area contributed by atoms with Crippen molar-refractivity contribution in [3.8, 4) is 23.0 Å². The van der Waals surface area contributed by atoms with Gasteiger partial charge in [-0.2, -0.15) is 0 Å². The van der Waals surface area contributed by atoms with Crippen LogP contribution in [0.1, 0.15) is 79.4 Å². The molecule has 3 aliphatic rings. The van der Waals surface area contributed by atoms with E-state index in [2.05, 4.69) is 19.9 Å². The van der Waals surface area contributed by atoms with Gasteiger partial charge in [-0.25, -0.2) is 0 Å². The minimum absolute atomic E-state index is 0.0218. The fraction of sp³-hybridized carbons (Fsp3) is 0.533. The van der Waals surface area contributed by atoms with Crippen molar-refractivity contribution < 1.29 is 35.0 Å². The Hall–Kier alpha value is -2.74. The number of aliphatic hydroxyl groups is 2. The number of fused-ring (bicyclic) bond motifs is 4. The summed E-state index contributed by atoms with van der Waals surface area (Å²) in [6.07, 6.45) is 6.56. The molecule has 1 saturated carbocycles. The molecular formula is C30H38O7. The van der Waals surface area contributed by atoms with Crippen molar-refractivity contribution >= 4 is 6.08 Å². The van der Waals surface area contributed by atoms with Crippen molar-refractivity contribution in [1.82, 2.24) is 0 Å². The Kier molecular flexibility index (Phi) is 7.14. The summed E-state index contributed by atoms with van der Waals surface area (Å²) in [4.78, 5) is 0. The lowest BCUT2D eigenvalue weighted by Crippen LogP contribution is -2.50. The fourth-order valence-electron chi connectivity index (χ4n) is 6.58. The monoisotopic (exact) mass is 510 g/mol. The molecule has 37 heavy (non-hydrogen) atoms. The second kappa shape index (κ2) is 10.2. The minimum Gasteiger partial charge on any atom is -0.508 e. The van der Waals surface area contributed by atoms with Crippen molar-refractivity contribution in [2.45, 2.75) is 76.8 Å². The minimum atomic E-state index is -0.635. The summed E-state index contributed by atoms with van der Waals surface area (Å²) < 4.78 is 12.1. The van der Waals surface area contributed by atoms with Gasteiger partial charge in [-0.3, -0.25) is 0 Å². The quantitative estimate of drug-likeness (QED) is 0.350. The van der Waals surface area contributed by atoms with Gasteiger partial charge in [-0.05, 0) is 61.1 Å². The van der Waals surface area contributed by atoms with Gasteiger partial charge in [0.05, 0.1) is 32.0 Å². The molecule has 5 rings (SSSR count). The molecular weight excluding hydrogens is 472 g/mol. The van der Waals surface area contributed by atoms with E-state index in [1.54, 1.807) is 12.1 Å². The molecule has 2 aromatic carbocycles. The summed E-state index contributed by atoms with van der Waals surface area (Å²) >= 11 is 0. The van der Waals surface area contributed by atoms with Crippen LogP contribution in [0.2, 0.25) is 0 Å². The van der Waals surface area contributed by atoms with Crippen molar-refractivity contribution in [3.63, 3.8) is 0 Å². The number of rotatable bonds is 6. The largest absolute Gasteiger partial charge is 0.508 e. The molecule has 0 spiro atoms. The highest BCUT2D eigenvalue weighted by Crippen LogP contribution is 2.55. The highest BCUT2D eigenvalue weighted by Gasteiger charge is 2.49. The highest BCUT2D eigenvalue weighted by atomic mass is 16.5. The Morgan fingerprint density at radius 1 is 1.11 bits per heavy atom. The first-order valence-corrected chi connectivity index (χ1v) is 13.3. The molecule has 0 radical (unpaired) electrons. The van der Waals surface area contributed by atoms with Gasteiger partial charge in [0.2, 0.25) is 5.75 Å². The number of hydrogen-bond donors (Lipinski definition) is 5. The molecule has 2 fully saturated rings. The molecule has 0 unspecified atom stereocenters. The first-order chi connectivity index (χ1) is 17.7. The average Bonchev–Trinajstić information content (AvgIpc) is 2.89. The molecule has 5 N–H and O–H groups in total. The summed E-state index contributed by atoms with van der Waals surface area (Å²) in [6, 6.07) is 5.91. The molecule has 0 aromatic heterocycles. The van der Waals surface area contributed by atoms with Crippen LogP contribution in [0, 0.1) is 17.8 Å². The maximum Gasteiger partial charge on any atom is 0.201 e. The number of phenols is 3. The first-order valence-electron chi connectivity index (χ1n) is 13.3. The van der Waals surface area contributed by atoms with Gasteiger partial charge in [0.25, 0.3) is 0 Å². The molecule has 0 bridgehead atoms. The van der Waals surface area contributed by atoms with E-state index < -0.39 is 30.3 Å². The van der Waals surface area contributed by atoms with E-state index in [1.165, 1.54) is 12.7 Å². The van der Waals surface area contributed by atoms with Crippen LogP contribution in [0.3, 0.4) is 0 Å². The van der Waals surface area contributed by atoms with Gasteiger partial charge < -0.3 is 35.0 Å². The molecule has 6 atom stereocenters. The van der Waals surface area contributed by atoms with Crippen LogP contribution in [0.5, 0.6) is 23.0 Å². The molecule has 7 nitrogen and oxygen atoms in total. The molecule has 1 aliphatic heterocycles. The summed E-state index contributed by atoms with van der Waals surface area (Å²) in [5.41, 5.74) is 3.45. The van der Waals surface area contributed by atoms with E-state index in [-0.39, 0.29) is 35.2 Å². The number of benzene rings is 2. The van der Waals surface area contributed by atoms with Gasteiger partial charge in [-0.1, -0.05) is 38.1 Å². The Morgan fingerprint density at radius 3 is 2.59 bits per heavy atom. The number of phenolic OH excluding ortho intramolecular Hbond substituents is 2. The molecule has 1 heterocycles. The van der Waals surface area contributed by atoms with E-state index >= 15 is 0 Å². The predicted molar refractivity (Wildman–Crippen MR) is 140 cm³/mol. The lowest BCUT2D eigenvalue weighted by molar-refractivity contribution is -0.178. The number of ether oxygens (including phenoxy) is 2. The number of hydrogen-bond acceptors (Lipinski definition) is 7. The third-order valence-electron chi connectivity index (χ3n) is 8.63. The lowest BCUT2D eigenvalue weighted by atomic mass is 9.67. The van der Waals surface area contributed by atoms with Crippen molar-refractivity contribution in [2.75, 3.05) is 7.11 Å². The second-order valence-electron chi connectivity index (χ2n) is 11.2. The standard InChI is InChI=1S/C30H38O7/c1-15(2)4-5-18-12-16(7-11-23(18)32)17-6-8-19-24(13-17)37-29-21(26(19)33)10-9-20-25(29)22(14-31)27(34)28(35)30(20)36-3/h7,9-12,15,17,19,21,24,26,29,31-35H,4-6,8,13-14H2,1-3H3/t17-,19-,21+,24+,26-,29+/m1/s1. The first kappa shape index (κ1) is 25.9. The van der Waals surface area contributed by atoms with Crippen LogP contribution in [0.15, 0.2) is 24.3 Å². The molecule has 7 heteroatoms. The van der Waals surface area contributed by atoms with Gasteiger partial charge in [0.15, 0.2) is 11.5 Å². The average molecular weight is 511 g/mol. The summed E-state index contributed by atoms with van der Waals surface area (Å²) in [5, 5.41) is 53.0. The van der Waals surface area contributed by atoms with Gasteiger partial charge in [0, 0.05) is 28.5 Å². The number of aromatic hydroxyl groups is 3. The molecule has 0 amide bonds. The van der Waals surface area contributed by atoms with E-state index in [0.29, 0.717) is 22.8 Å². The SMILES string of the molecule is COc1c(O)c(O)c(CO)c2c1C=C[C@H]1[C@H](O)[C@@H]3CC[C@@H](c4ccc(O)c(CCC(C)C)c4)C[C@@H]3O[C@H]21. The summed E-state index contributed by atoms with van der Waals surface area (Å²) in [6.45, 7) is 3.88. The Balaban J connectivity index is 1.45. The molecule has 1 saturated heterocycles. The van der Waals surface area contributed by atoms with Crippen LogP contribution >= 0.6 is 0 Å². The zero-order chi connectivity index (χ0) is 26.4. The zero-order valence-electron chi connectivity index (χ0n) is 21.7. The molecule has 200 valence electrons. The zero-order valence-corrected chi connectivity index (χ0v) is 21.7. The molecule has 2 aliphatic carbocycles. The maximum atomic E-state index is 11.4. The second-order valence-corrected chi connectivity index (χ2v) is 11.2. The Bertz CT molecular complexity index is 1190. The van der Waals surface area contributed by atoms with Crippen molar-refractivity contribution in [2.24, 2.45) is 17.8 Å². The van der Waals surface area contributed by atoms with Crippen LogP contribution in [0.4, 0.5) is 0 Å². The fourth-order valence-corrected chi connectivity index (χ4v) is 6.58. The van der Waals surface area contributed by atoms with Crippen LogP contribution in [-0.2, 0) is 17.8 Å². The highest BCUT2D eigenvalue weighted by molar-refractivity contribution is 5.74. The van der Waals surface area contributed by atoms with E-state index in [1.807, 2.05) is 12.1 Å². The lowest BCUT2D eigenvalue weighted by Gasteiger charge is -2.49. The summed E-state index contributed by atoms with van der Waals surface area (Å²) in [5.74, 6) is 0.0604. The number of aryl methyl sites for hydroxylation is 1. The number of aliphatic hydroxyl groups excluding tert-OH is 2. The van der Waals surface area contributed by atoms with Crippen LogP contribution in [-0.4, -0.2) is 44.9 Å². The predicted octanol–water partition coefficient (Wildman–Crippen LogP) is 4.92. The summed E-state index contributed by atoms with van der Waals surface area (Å²) in [7, 11) is 1.42. The topological polar surface area (TPSA) is 120 Å². The molecule has 2 aromatic rings. The third-order valence-corrected chi connectivity index (χ3v) is 8.63. The van der Waals surface area contributed by atoms with E-state index in [0.717, 1.165) is 37.7 Å².